The van der Waals surface area contributed by atoms with Gasteiger partial charge in [0.15, 0.2) is 0 Å². The number of nitrogens with one attached hydrogen (secondary N) is 1. The summed E-state index contributed by atoms with van der Waals surface area (Å²) in [7, 11) is 0. The zero-order chi connectivity index (χ0) is 21.0. The number of hydrogen-bond acceptors (Lipinski definition) is 8. The van der Waals surface area contributed by atoms with Crippen LogP contribution >= 0.6 is 12.6 Å². The maximum Gasteiger partial charge on any atom is 0.221 e. The van der Waals surface area contributed by atoms with Crippen LogP contribution in [0, 0.1) is 11.3 Å². The van der Waals surface area contributed by atoms with E-state index in [0.29, 0.717) is 35.0 Å². The molecular weight excluding hydrogens is 386 g/mol. The zero-order valence-corrected chi connectivity index (χ0v) is 16.5. The molecule has 1 aromatic carbocycles. The number of rotatable bonds is 5. The number of nitrogen functional groups attached to an aromatic ring is 1. The monoisotopic (exact) mass is 405 g/mol. The number of nitriles is 1. The first-order chi connectivity index (χ1) is 13.9. The molecule has 2 heterocycles. The molecule has 1 unspecified atom stereocenters. The standard InChI is InChI=1S/C20H19N7OS/c1-11(28)24-13-7-5-12(6-8-13)17-15(10-22)19(23)27-20(26-17)18(29)16-4-2-3-14(9-21)25-16/h2-8,18,29H,9,21H2,1H3,(H,24,28)(H2,23,26,27). The molecule has 0 radical (unpaired) electrons. The zero-order valence-electron chi connectivity index (χ0n) is 15.6. The lowest BCUT2D eigenvalue weighted by molar-refractivity contribution is -0.114. The van der Waals surface area contributed by atoms with Gasteiger partial charge in [0.1, 0.15) is 28.5 Å². The molecule has 2 aromatic heterocycles. The third-order valence-electron chi connectivity index (χ3n) is 4.11. The van der Waals surface area contributed by atoms with Crippen LogP contribution in [-0.2, 0) is 11.3 Å². The average Bonchev–Trinajstić information content (AvgIpc) is 2.72. The molecule has 0 spiro atoms. The molecule has 8 nitrogen and oxygen atoms in total. The predicted octanol–water partition coefficient (Wildman–Crippen LogP) is 2.43. The van der Waals surface area contributed by atoms with Gasteiger partial charge in [-0.2, -0.15) is 17.9 Å². The highest BCUT2D eigenvalue weighted by Crippen LogP contribution is 2.31. The number of benzene rings is 1. The number of aromatic nitrogens is 3. The number of nitrogens with two attached hydrogens (primary N) is 2. The third kappa shape index (κ3) is 4.51. The molecule has 29 heavy (non-hydrogen) atoms. The van der Waals surface area contributed by atoms with Crippen molar-refractivity contribution in [3.05, 3.63) is 65.2 Å². The van der Waals surface area contributed by atoms with Crippen molar-refractivity contribution in [3.63, 3.8) is 0 Å². The summed E-state index contributed by atoms with van der Waals surface area (Å²) >= 11 is 4.61. The second-order valence-electron chi connectivity index (χ2n) is 6.22. The first kappa shape index (κ1) is 20.3. The van der Waals surface area contributed by atoms with Crippen molar-refractivity contribution in [1.29, 1.82) is 5.26 Å². The van der Waals surface area contributed by atoms with Crippen molar-refractivity contribution >= 4 is 30.0 Å². The maximum atomic E-state index is 11.2. The predicted molar refractivity (Wildman–Crippen MR) is 114 cm³/mol. The summed E-state index contributed by atoms with van der Waals surface area (Å²) in [5, 5.41) is 11.7. The Balaban J connectivity index is 2.05. The fourth-order valence-corrected chi connectivity index (χ4v) is 3.01. The van der Waals surface area contributed by atoms with Gasteiger partial charge in [-0.25, -0.2) is 9.97 Å². The molecule has 0 saturated carbocycles. The van der Waals surface area contributed by atoms with Gasteiger partial charge in [-0.1, -0.05) is 18.2 Å². The largest absolute Gasteiger partial charge is 0.382 e. The van der Waals surface area contributed by atoms with Crippen LogP contribution in [0.4, 0.5) is 11.5 Å². The number of carbonyl (C=O) groups excluding carboxylic acids is 1. The number of thiol groups is 1. The Kier molecular flexibility index (Phi) is 6.07. The third-order valence-corrected chi connectivity index (χ3v) is 4.60. The molecule has 0 aliphatic rings. The fraction of sp³-hybridized carbons (Fsp3) is 0.150. The summed E-state index contributed by atoms with van der Waals surface area (Å²) in [6.07, 6.45) is 0. The SMILES string of the molecule is CC(=O)Nc1ccc(-c2nc(C(S)c3cccc(CN)n3)nc(N)c2C#N)cc1. The molecule has 1 atom stereocenters. The van der Waals surface area contributed by atoms with Gasteiger partial charge in [0, 0.05) is 24.7 Å². The van der Waals surface area contributed by atoms with E-state index >= 15 is 0 Å². The van der Waals surface area contributed by atoms with Gasteiger partial charge >= 0.3 is 0 Å². The van der Waals surface area contributed by atoms with Crippen molar-refractivity contribution in [1.82, 2.24) is 15.0 Å². The van der Waals surface area contributed by atoms with Crippen LogP contribution in [0.3, 0.4) is 0 Å². The lowest BCUT2D eigenvalue weighted by atomic mass is 10.1. The highest BCUT2D eigenvalue weighted by atomic mass is 32.1. The van der Waals surface area contributed by atoms with Crippen LogP contribution in [0.15, 0.2) is 42.5 Å². The van der Waals surface area contributed by atoms with E-state index in [4.69, 9.17) is 11.5 Å². The van der Waals surface area contributed by atoms with Gasteiger partial charge in [-0.15, -0.1) is 0 Å². The molecular formula is C20H19N7OS. The Morgan fingerprint density at radius 3 is 2.55 bits per heavy atom. The highest BCUT2D eigenvalue weighted by molar-refractivity contribution is 7.80. The quantitative estimate of drug-likeness (QED) is 0.477. The average molecular weight is 405 g/mol. The first-order valence-corrected chi connectivity index (χ1v) is 9.24. The number of carbonyl (C=O) groups is 1. The Bertz CT molecular complexity index is 1090. The number of nitrogens with zero attached hydrogens (tertiary/aromatic N) is 4. The lowest BCUT2D eigenvalue weighted by Gasteiger charge is -2.14. The second-order valence-corrected chi connectivity index (χ2v) is 6.74. The molecule has 0 saturated heterocycles. The molecule has 146 valence electrons. The van der Waals surface area contributed by atoms with Crippen LogP contribution < -0.4 is 16.8 Å². The van der Waals surface area contributed by atoms with E-state index in [0.717, 1.165) is 5.69 Å². The maximum absolute atomic E-state index is 11.2. The molecule has 3 aromatic rings. The van der Waals surface area contributed by atoms with Gasteiger partial charge < -0.3 is 16.8 Å². The van der Waals surface area contributed by atoms with Gasteiger partial charge in [-0.05, 0) is 24.3 Å². The van der Waals surface area contributed by atoms with Gasteiger partial charge in [0.05, 0.1) is 17.1 Å². The van der Waals surface area contributed by atoms with Gasteiger partial charge in [0.2, 0.25) is 5.91 Å². The summed E-state index contributed by atoms with van der Waals surface area (Å²) in [6.45, 7) is 1.73. The first-order valence-electron chi connectivity index (χ1n) is 8.72. The van der Waals surface area contributed by atoms with Crippen LogP contribution in [-0.4, -0.2) is 20.9 Å². The molecule has 5 N–H and O–H groups in total. The van der Waals surface area contributed by atoms with E-state index in [1.807, 2.05) is 12.1 Å². The van der Waals surface area contributed by atoms with Gasteiger partial charge in [-0.3, -0.25) is 9.78 Å². The van der Waals surface area contributed by atoms with Crippen LogP contribution in [0.2, 0.25) is 0 Å². The molecule has 0 aliphatic carbocycles. The summed E-state index contributed by atoms with van der Waals surface area (Å²) < 4.78 is 0. The van der Waals surface area contributed by atoms with E-state index in [1.54, 1.807) is 30.3 Å². The molecule has 1 amide bonds. The second kappa shape index (κ2) is 8.68. The van der Waals surface area contributed by atoms with Crippen molar-refractivity contribution in [2.45, 2.75) is 18.7 Å². The van der Waals surface area contributed by atoms with Crippen LogP contribution in [0.5, 0.6) is 0 Å². The number of pyridine rings is 1. The summed E-state index contributed by atoms with van der Waals surface area (Å²) in [4.78, 5) is 24.5. The highest BCUT2D eigenvalue weighted by Gasteiger charge is 2.20. The minimum absolute atomic E-state index is 0.0625. The topological polar surface area (TPSA) is 144 Å². The molecule has 0 fully saturated rings. The molecule has 0 aliphatic heterocycles. The minimum atomic E-state index is -0.547. The van der Waals surface area contributed by atoms with Crippen molar-refractivity contribution < 1.29 is 4.79 Å². The van der Waals surface area contributed by atoms with E-state index < -0.39 is 5.25 Å². The van der Waals surface area contributed by atoms with Crippen molar-refractivity contribution in [2.75, 3.05) is 11.1 Å². The minimum Gasteiger partial charge on any atom is -0.382 e. The summed E-state index contributed by atoms with van der Waals surface area (Å²) in [5.41, 5.74) is 14.9. The Morgan fingerprint density at radius 2 is 1.93 bits per heavy atom. The van der Waals surface area contributed by atoms with E-state index in [2.05, 4.69) is 39.0 Å². The number of anilines is 2. The smallest absolute Gasteiger partial charge is 0.221 e. The Hall–Kier alpha value is -3.48. The van der Waals surface area contributed by atoms with Crippen molar-refractivity contribution in [3.8, 4) is 17.3 Å². The van der Waals surface area contributed by atoms with E-state index in [9.17, 15) is 10.1 Å². The number of amides is 1. The van der Waals surface area contributed by atoms with E-state index in [1.165, 1.54) is 6.92 Å². The Morgan fingerprint density at radius 1 is 1.21 bits per heavy atom. The Labute approximate surface area is 173 Å². The molecule has 3 rings (SSSR count). The van der Waals surface area contributed by atoms with Crippen molar-refractivity contribution in [2.24, 2.45) is 5.73 Å². The van der Waals surface area contributed by atoms with Crippen LogP contribution in [0.25, 0.3) is 11.3 Å². The van der Waals surface area contributed by atoms with E-state index in [-0.39, 0.29) is 17.3 Å². The summed E-state index contributed by atoms with van der Waals surface area (Å²) in [5.74, 6) is 0.217. The number of hydrogen-bond donors (Lipinski definition) is 4. The fourth-order valence-electron chi connectivity index (χ4n) is 2.75. The molecule has 0 bridgehead atoms. The lowest BCUT2D eigenvalue weighted by Crippen LogP contribution is -2.10. The summed E-state index contributed by atoms with van der Waals surface area (Å²) in [6, 6.07) is 14.5. The van der Waals surface area contributed by atoms with Crippen LogP contribution in [0.1, 0.15) is 34.9 Å². The molecule has 9 heteroatoms. The normalized spacial score (nSPS) is 11.5. The van der Waals surface area contributed by atoms with Gasteiger partial charge in [0.25, 0.3) is 0 Å².